The lowest BCUT2D eigenvalue weighted by Crippen LogP contribution is -2.51. The van der Waals surface area contributed by atoms with E-state index in [9.17, 15) is 4.79 Å². The van der Waals surface area contributed by atoms with E-state index in [-0.39, 0.29) is 22.3 Å². The van der Waals surface area contributed by atoms with E-state index in [4.69, 9.17) is 17.7 Å². The first-order chi connectivity index (χ1) is 18.5. The second kappa shape index (κ2) is 11.1. The van der Waals surface area contributed by atoms with E-state index < -0.39 is 10.1 Å². The van der Waals surface area contributed by atoms with E-state index >= 15 is 0 Å². The predicted octanol–water partition coefficient (Wildman–Crippen LogP) is 6.68. The first-order valence-corrected chi connectivity index (χ1v) is 16.6. The average Bonchev–Trinajstić information content (AvgIpc) is 2.86. The molecule has 0 saturated heterocycles. The van der Waals surface area contributed by atoms with Gasteiger partial charge in [-0.2, -0.15) is 0 Å². The number of benzene rings is 3. The second-order valence-electron chi connectivity index (χ2n) is 11.6. The van der Waals surface area contributed by atoms with E-state index in [1.165, 1.54) is 33.9 Å². The summed E-state index contributed by atoms with van der Waals surface area (Å²) in [5.74, 6) is 3.02. The lowest BCUT2D eigenvalue weighted by atomic mass is 9.49. The van der Waals surface area contributed by atoms with Crippen LogP contribution >= 0.6 is 0 Å². The Morgan fingerprint density at radius 1 is 0.795 bits per heavy atom. The fraction of sp³-hybridized carbons (Fsp3) is 0.406. The van der Waals surface area contributed by atoms with Gasteiger partial charge in [0.05, 0.1) is 26.4 Å². The fourth-order valence-corrected chi connectivity index (χ4v) is 9.54. The van der Waals surface area contributed by atoms with Gasteiger partial charge in [-0.1, -0.05) is 36.4 Å². The van der Waals surface area contributed by atoms with Gasteiger partial charge in [0.2, 0.25) is 0 Å². The minimum absolute atomic E-state index is 0.0377. The third-order valence-electron chi connectivity index (χ3n) is 8.29. The van der Waals surface area contributed by atoms with E-state index in [0.717, 1.165) is 53.9 Å². The Morgan fingerprint density at radius 2 is 1.18 bits per heavy atom. The highest BCUT2D eigenvalue weighted by atomic mass is 32.2. The number of hydrogen-bond acceptors (Lipinski definition) is 5. The van der Waals surface area contributed by atoms with Crippen LogP contribution in [0.2, 0.25) is 0 Å². The third kappa shape index (κ3) is 6.42. The largest absolute Gasteiger partial charge is 0.748 e. The molecule has 4 saturated carbocycles. The summed E-state index contributed by atoms with van der Waals surface area (Å²) in [4.78, 5) is 17.5. The van der Waals surface area contributed by atoms with E-state index in [1.807, 2.05) is 0 Å². The molecule has 0 amide bonds. The van der Waals surface area contributed by atoms with Crippen molar-refractivity contribution in [2.75, 3.05) is 6.26 Å². The third-order valence-corrected chi connectivity index (χ3v) is 10.5. The van der Waals surface area contributed by atoms with Crippen LogP contribution < -0.4 is 4.74 Å². The minimum atomic E-state index is -3.92. The monoisotopic (exact) mass is 564 g/mol. The van der Waals surface area contributed by atoms with Gasteiger partial charge >= 0.3 is 5.97 Å². The normalized spacial score (nSPS) is 25.2. The quantitative estimate of drug-likeness (QED) is 0.149. The molecule has 4 bridgehead atoms. The molecule has 0 aliphatic heterocycles. The van der Waals surface area contributed by atoms with Crippen LogP contribution in [0, 0.1) is 37.0 Å². The SMILES string of the molecule is CS(=O)(=O)[O-].Cc1cc([S+](c2ccccc2)c2ccccc2)cc(C)c1OC(=O)C12CC3CC(CC(C3)C1)C2. The molecule has 3 aromatic carbocycles. The highest BCUT2D eigenvalue weighted by molar-refractivity contribution is 7.97. The molecule has 5 nitrogen and oxygen atoms in total. The number of ether oxygens (including phenoxy) is 1. The standard InChI is InChI=1S/C31H33O2S.CH4O3S/c1-21-13-28(34(26-9-5-3-6-10-26)27-11-7-4-8-12-27)14-22(2)29(21)33-30(32)31-18-23-15-24(19-31)17-25(16-23)20-31;1-5(2,3)4/h3-14,23-25H,15-20H2,1-2H3;1H3,(H,2,3,4)/q+1;/p-1. The van der Waals surface area contributed by atoms with Crippen molar-refractivity contribution in [3.05, 3.63) is 83.9 Å². The Balaban J connectivity index is 0.000000567. The molecule has 0 aromatic heterocycles. The van der Waals surface area contributed by atoms with Crippen LogP contribution in [0.25, 0.3) is 0 Å². The van der Waals surface area contributed by atoms with Gasteiger partial charge in [0.15, 0.2) is 14.7 Å². The molecular formula is C32H36O5S2. The van der Waals surface area contributed by atoms with E-state index in [0.29, 0.717) is 6.26 Å². The Morgan fingerprint density at radius 3 is 1.56 bits per heavy atom. The number of carbonyl (C=O) groups excluding carboxylic acids is 1. The van der Waals surface area contributed by atoms with Crippen LogP contribution in [0.1, 0.15) is 49.7 Å². The summed E-state index contributed by atoms with van der Waals surface area (Å²) in [6.07, 6.45) is 7.73. The van der Waals surface area contributed by atoms with Crippen molar-refractivity contribution < 1.29 is 22.5 Å². The van der Waals surface area contributed by atoms with E-state index in [1.54, 1.807) is 0 Å². The maximum Gasteiger partial charge on any atom is 0.317 e. The van der Waals surface area contributed by atoms with Crippen molar-refractivity contribution in [3.63, 3.8) is 0 Å². The van der Waals surface area contributed by atoms with Gasteiger partial charge in [0.1, 0.15) is 5.75 Å². The fourth-order valence-electron chi connectivity index (χ4n) is 7.27. The first-order valence-electron chi connectivity index (χ1n) is 13.6. The van der Waals surface area contributed by atoms with Crippen molar-refractivity contribution in [2.45, 2.75) is 67.1 Å². The number of esters is 1. The van der Waals surface area contributed by atoms with Gasteiger partial charge in [0, 0.05) is 18.4 Å². The summed E-state index contributed by atoms with van der Waals surface area (Å²) >= 11 is 0. The van der Waals surface area contributed by atoms with Crippen LogP contribution in [0.5, 0.6) is 5.75 Å². The van der Waals surface area contributed by atoms with Crippen molar-refractivity contribution in [2.24, 2.45) is 23.2 Å². The molecule has 7 heteroatoms. The van der Waals surface area contributed by atoms with Crippen molar-refractivity contribution in [1.29, 1.82) is 0 Å². The van der Waals surface area contributed by atoms with Gasteiger partial charge in [-0.25, -0.2) is 8.42 Å². The van der Waals surface area contributed by atoms with Gasteiger partial charge in [0.25, 0.3) is 0 Å². The summed E-state index contributed by atoms with van der Waals surface area (Å²) in [5.41, 5.74) is 1.87. The van der Waals surface area contributed by atoms with Crippen LogP contribution in [0.15, 0.2) is 87.5 Å². The molecule has 206 valence electrons. The molecular weight excluding hydrogens is 528 g/mol. The Bertz CT molecular complexity index is 1330. The molecule has 4 fully saturated rings. The Kier molecular flexibility index (Phi) is 7.96. The van der Waals surface area contributed by atoms with Crippen molar-refractivity contribution in [3.8, 4) is 5.75 Å². The van der Waals surface area contributed by atoms with Gasteiger partial charge < -0.3 is 9.29 Å². The zero-order chi connectivity index (χ0) is 27.8. The van der Waals surface area contributed by atoms with E-state index in [2.05, 4.69) is 86.6 Å². The number of hydrogen-bond donors (Lipinski definition) is 0. The lowest BCUT2D eigenvalue weighted by Gasteiger charge is -2.55. The summed E-state index contributed by atoms with van der Waals surface area (Å²) < 4.78 is 33.5. The Hall–Kier alpha value is -2.61. The summed E-state index contributed by atoms with van der Waals surface area (Å²) in [6, 6.07) is 25.9. The first kappa shape index (κ1) is 27.9. The van der Waals surface area contributed by atoms with Crippen LogP contribution in [-0.4, -0.2) is 25.2 Å². The van der Waals surface area contributed by atoms with Gasteiger partial charge in [-0.3, -0.25) is 4.79 Å². The molecule has 0 N–H and O–H groups in total. The summed E-state index contributed by atoms with van der Waals surface area (Å²) in [6.45, 7) is 4.19. The second-order valence-corrected chi connectivity index (χ2v) is 15.0. The van der Waals surface area contributed by atoms with Gasteiger partial charge in [-0.15, -0.1) is 0 Å². The molecule has 4 aliphatic rings. The minimum Gasteiger partial charge on any atom is -0.748 e. The highest BCUT2D eigenvalue weighted by Gasteiger charge is 2.55. The van der Waals surface area contributed by atoms with Crippen LogP contribution in [0.4, 0.5) is 0 Å². The topological polar surface area (TPSA) is 83.5 Å². The highest BCUT2D eigenvalue weighted by Crippen LogP contribution is 2.60. The molecule has 0 atom stereocenters. The van der Waals surface area contributed by atoms with Crippen molar-refractivity contribution >= 4 is 27.0 Å². The molecule has 4 aliphatic carbocycles. The maximum atomic E-state index is 13.6. The lowest BCUT2D eigenvalue weighted by molar-refractivity contribution is -0.161. The Labute approximate surface area is 235 Å². The van der Waals surface area contributed by atoms with Crippen LogP contribution in [-0.2, 0) is 25.8 Å². The van der Waals surface area contributed by atoms with Crippen molar-refractivity contribution in [1.82, 2.24) is 0 Å². The molecule has 7 rings (SSSR count). The predicted molar refractivity (Wildman–Crippen MR) is 153 cm³/mol. The average molecular weight is 565 g/mol. The maximum absolute atomic E-state index is 13.6. The molecule has 0 spiro atoms. The molecule has 0 heterocycles. The molecule has 0 unspecified atom stereocenters. The molecule has 3 aromatic rings. The van der Waals surface area contributed by atoms with Crippen LogP contribution in [0.3, 0.4) is 0 Å². The zero-order valence-electron chi connectivity index (χ0n) is 22.8. The number of rotatable bonds is 5. The number of carbonyl (C=O) groups is 1. The smallest absolute Gasteiger partial charge is 0.317 e. The molecule has 39 heavy (non-hydrogen) atoms. The number of aryl methyl sites for hydroxylation is 2. The molecule has 0 radical (unpaired) electrons. The zero-order valence-corrected chi connectivity index (χ0v) is 24.4. The summed E-state index contributed by atoms with van der Waals surface area (Å²) in [5, 5.41) is 0. The summed E-state index contributed by atoms with van der Waals surface area (Å²) in [7, 11) is -4.12. The van der Waals surface area contributed by atoms with Gasteiger partial charge in [-0.05, 0) is 106 Å².